The van der Waals surface area contributed by atoms with Crippen molar-refractivity contribution in [1.82, 2.24) is 5.32 Å². The molecule has 0 spiro atoms. The zero-order chi connectivity index (χ0) is 13.1. The highest BCUT2D eigenvalue weighted by molar-refractivity contribution is 8.06. The molecule has 1 aromatic rings. The fraction of sp³-hybridized carbons (Fsp3) is 0.625. The summed E-state index contributed by atoms with van der Waals surface area (Å²) in [6.07, 6.45) is 3.91. The van der Waals surface area contributed by atoms with Crippen molar-refractivity contribution in [3.63, 3.8) is 0 Å². The topological polar surface area (TPSA) is 12.0 Å². The van der Waals surface area contributed by atoms with E-state index in [1.807, 2.05) is 0 Å². The van der Waals surface area contributed by atoms with Crippen molar-refractivity contribution in [3.8, 4) is 0 Å². The number of benzene rings is 1. The predicted molar refractivity (Wildman–Crippen MR) is 88.5 cm³/mol. The Morgan fingerprint density at radius 2 is 2.16 bits per heavy atom. The molecule has 3 heteroatoms. The molecule has 2 unspecified atom stereocenters. The van der Waals surface area contributed by atoms with Crippen LogP contribution in [0, 0.1) is 0 Å². The van der Waals surface area contributed by atoms with Gasteiger partial charge in [0.1, 0.15) is 0 Å². The van der Waals surface area contributed by atoms with E-state index in [0.29, 0.717) is 6.04 Å². The highest BCUT2D eigenvalue weighted by Gasteiger charge is 2.17. The highest BCUT2D eigenvalue weighted by atomic mass is 32.2. The lowest BCUT2D eigenvalue weighted by Gasteiger charge is -2.24. The number of aryl methyl sites for hydroxylation is 2. The SMILES string of the molecule is CC(NCC1CSCCS1)c1ccc2c(c1)CCC2. The van der Waals surface area contributed by atoms with Crippen LogP contribution in [0.4, 0.5) is 0 Å². The van der Waals surface area contributed by atoms with E-state index in [-0.39, 0.29) is 0 Å². The molecule has 0 radical (unpaired) electrons. The Kier molecular flexibility index (Phi) is 4.78. The van der Waals surface area contributed by atoms with E-state index in [0.717, 1.165) is 11.8 Å². The monoisotopic (exact) mass is 293 g/mol. The number of nitrogens with one attached hydrogen (secondary N) is 1. The number of hydrogen-bond donors (Lipinski definition) is 1. The van der Waals surface area contributed by atoms with Crippen LogP contribution >= 0.6 is 23.5 Å². The van der Waals surface area contributed by atoms with Gasteiger partial charge in [-0.3, -0.25) is 0 Å². The van der Waals surface area contributed by atoms with Crippen molar-refractivity contribution >= 4 is 23.5 Å². The highest BCUT2D eigenvalue weighted by Crippen LogP contribution is 2.26. The van der Waals surface area contributed by atoms with E-state index in [9.17, 15) is 0 Å². The fourth-order valence-electron chi connectivity index (χ4n) is 2.94. The second kappa shape index (κ2) is 6.55. The van der Waals surface area contributed by atoms with Gasteiger partial charge in [0.15, 0.2) is 0 Å². The van der Waals surface area contributed by atoms with Crippen LogP contribution in [0.5, 0.6) is 0 Å². The Labute approximate surface area is 125 Å². The summed E-state index contributed by atoms with van der Waals surface area (Å²) in [7, 11) is 0. The van der Waals surface area contributed by atoms with Crippen LogP contribution in [0.3, 0.4) is 0 Å². The molecule has 0 amide bonds. The van der Waals surface area contributed by atoms with Gasteiger partial charge in [-0.2, -0.15) is 23.5 Å². The summed E-state index contributed by atoms with van der Waals surface area (Å²) in [5.74, 6) is 3.97. The largest absolute Gasteiger partial charge is 0.309 e. The predicted octanol–water partition coefficient (Wildman–Crippen LogP) is 3.67. The Morgan fingerprint density at radius 1 is 1.26 bits per heavy atom. The zero-order valence-electron chi connectivity index (χ0n) is 11.7. The van der Waals surface area contributed by atoms with Crippen molar-refractivity contribution in [1.29, 1.82) is 0 Å². The van der Waals surface area contributed by atoms with Gasteiger partial charge < -0.3 is 5.32 Å². The van der Waals surface area contributed by atoms with Crippen molar-refractivity contribution in [2.75, 3.05) is 23.8 Å². The van der Waals surface area contributed by atoms with Crippen molar-refractivity contribution in [3.05, 3.63) is 34.9 Å². The third-order valence-electron chi connectivity index (χ3n) is 4.16. The number of rotatable bonds is 4. The van der Waals surface area contributed by atoms with Crippen molar-refractivity contribution in [2.45, 2.75) is 37.5 Å². The molecule has 1 heterocycles. The summed E-state index contributed by atoms with van der Waals surface area (Å²) in [5, 5.41) is 4.53. The molecule has 19 heavy (non-hydrogen) atoms. The standard InChI is InChI=1S/C16H23NS2/c1-12(17-10-16-11-18-7-8-19-16)14-6-5-13-3-2-4-15(13)9-14/h5-6,9,12,16-17H,2-4,7-8,10-11H2,1H3. The van der Waals surface area contributed by atoms with E-state index in [1.54, 1.807) is 11.1 Å². The first-order valence-electron chi connectivity index (χ1n) is 7.37. The first-order valence-corrected chi connectivity index (χ1v) is 9.58. The molecule has 1 saturated heterocycles. The van der Waals surface area contributed by atoms with E-state index in [2.05, 4.69) is 54.0 Å². The summed E-state index contributed by atoms with van der Waals surface area (Å²) in [6, 6.07) is 7.59. The molecule has 104 valence electrons. The first-order chi connectivity index (χ1) is 9.33. The van der Waals surface area contributed by atoms with Gasteiger partial charge in [0.05, 0.1) is 0 Å². The Bertz CT molecular complexity index is 427. The molecule has 1 N–H and O–H groups in total. The average molecular weight is 294 g/mol. The third kappa shape index (κ3) is 3.50. The molecule has 1 nitrogen and oxygen atoms in total. The third-order valence-corrected chi connectivity index (χ3v) is 7.00. The number of hydrogen-bond acceptors (Lipinski definition) is 3. The zero-order valence-corrected chi connectivity index (χ0v) is 13.3. The van der Waals surface area contributed by atoms with Crippen LogP contribution in [0.15, 0.2) is 18.2 Å². The summed E-state index contributed by atoms with van der Waals surface area (Å²) in [5.41, 5.74) is 4.64. The van der Waals surface area contributed by atoms with Gasteiger partial charge in [-0.1, -0.05) is 18.2 Å². The quantitative estimate of drug-likeness (QED) is 0.909. The molecule has 0 saturated carbocycles. The summed E-state index contributed by atoms with van der Waals surface area (Å²) >= 11 is 4.24. The van der Waals surface area contributed by atoms with Gasteiger partial charge in [0.2, 0.25) is 0 Å². The maximum atomic E-state index is 3.73. The van der Waals surface area contributed by atoms with Gasteiger partial charge in [-0.25, -0.2) is 0 Å². The average Bonchev–Trinajstić information content (AvgIpc) is 2.93. The molecule has 1 aromatic carbocycles. The van der Waals surface area contributed by atoms with Gasteiger partial charge in [-0.05, 0) is 42.9 Å². The molecule has 3 rings (SSSR count). The minimum Gasteiger partial charge on any atom is -0.309 e. The van der Waals surface area contributed by atoms with Crippen molar-refractivity contribution < 1.29 is 0 Å². The minimum absolute atomic E-state index is 0.485. The Morgan fingerprint density at radius 3 is 3.00 bits per heavy atom. The molecule has 0 aromatic heterocycles. The molecule has 1 aliphatic carbocycles. The molecule has 1 fully saturated rings. The molecular weight excluding hydrogens is 270 g/mol. The van der Waals surface area contributed by atoms with E-state index in [1.165, 1.54) is 42.1 Å². The fourth-order valence-corrected chi connectivity index (χ4v) is 5.57. The summed E-state index contributed by atoms with van der Waals surface area (Å²) in [4.78, 5) is 0. The minimum atomic E-state index is 0.485. The first kappa shape index (κ1) is 13.8. The van der Waals surface area contributed by atoms with E-state index >= 15 is 0 Å². The van der Waals surface area contributed by atoms with Gasteiger partial charge in [0.25, 0.3) is 0 Å². The van der Waals surface area contributed by atoms with E-state index in [4.69, 9.17) is 0 Å². The summed E-state index contributed by atoms with van der Waals surface area (Å²) < 4.78 is 0. The van der Waals surface area contributed by atoms with Gasteiger partial charge in [0, 0.05) is 35.1 Å². The molecule has 2 atom stereocenters. The maximum Gasteiger partial charge on any atom is 0.0292 e. The van der Waals surface area contributed by atoms with Crippen LogP contribution in [-0.2, 0) is 12.8 Å². The molecule has 2 aliphatic rings. The summed E-state index contributed by atoms with van der Waals surface area (Å²) in [6.45, 7) is 3.45. The van der Waals surface area contributed by atoms with Crippen LogP contribution in [-0.4, -0.2) is 29.1 Å². The van der Waals surface area contributed by atoms with Crippen LogP contribution in [0.2, 0.25) is 0 Å². The lowest BCUT2D eigenvalue weighted by molar-refractivity contribution is 0.576. The maximum absolute atomic E-state index is 3.73. The number of thioether (sulfide) groups is 2. The lowest BCUT2D eigenvalue weighted by Crippen LogP contribution is -2.30. The van der Waals surface area contributed by atoms with Gasteiger partial charge >= 0.3 is 0 Å². The molecule has 0 bridgehead atoms. The van der Waals surface area contributed by atoms with Crippen LogP contribution in [0.25, 0.3) is 0 Å². The lowest BCUT2D eigenvalue weighted by atomic mass is 10.0. The molecule has 1 aliphatic heterocycles. The smallest absolute Gasteiger partial charge is 0.0292 e. The Hall–Kier alpha value is -0.120. The second-order valence-electron chi connectivity index (χ2n) is 5.58. The second-order valence-corrected chi connectivity index (χ2v) is 8.14. The van der Waals surface area contributed by atoms with E-state index < -0.39 is 0 Å². The van der Waals surface area contributed by atoms with Crippen molar-refractivity contribution in [2.24, 2.45) is 0 Å². The normalized spacial score (nSPS) is 24.2. The molecular formula is C16H23NS2. The van der Waals surface area contributed by atoms with Crippen LogP contribution in [0.1, 0.15) is 36.1 Å². The Balaban J connectivity index is 1.56. The van der Waals surface area contributed by atoms with Gasteiger partial charge in [-0.15, -0.1) is 0 Å². The number of fused-ring (bicyclic) bond motifs is 1. The van der Waals surface area contributed by atoms with Crippen LogP contribution < -0.4 is 5.32 Å².